The van der Waals surface area contributed by atoms with E-state index in [1.165, 1.54) is 11.3 Å². The molecule has 0 unspecified atom stereocenters. The van der Waals surface area contributed by atoms with E-state index < -0.39 is 0 Å². The highest BCUT2D eigenvalue weighted by molar-refractivity contribution is 9.10. The summed E-state index contributed by atoms with van der Waals surface area (Å²) in [6.45, 7) is 2.84. The number of rotatable bonds is 5. The molecule has 2 rings (SSSR count). The van der Waals surface area contributed by atoms with E-state index in [0.717, 1.165) is 13.0 Å². The zero-order chi connectivity index (χ0) is 15.4. The van der Waals surface area contributed by atoms with Gasteiger partial charge in [-0.3, -0.25) is 4.79 Å². The van der Waals surface area contributed by atoms with Gasteiger partial charge in [0.05, 0.1) is 5.02 Å². The third kappa shape index (κ3) is 4.09. The minimum atomic E-state index is -0.288. The van der Waals surface area contributed by atoms with E-state index in [-0.39, 0.29) is 11.7 Å². The van der Waals surface area contributed by atoms with Gasteiger partial charge in [0.1, 0.15) is 10.7 Å². The Morgan fingerprint density at radius 1 is 1.52 bits per heavy atom. The number of anilines is 3. The lowest BCUT2D eigenvalue weighted by molar-refractivity contribution is 0.103. The van der Waals surface area contributed by atoms with Crippen molar-refractivity contribution in [2.24, 2.45) is 0 Å². The van der Waals surface area contributed by atoms with Gasteiger partial charge in [0, 0.05) is 16.7 Å². The smallest absolute Gasteiger partial charge is 0.269 e. The molecule has 0 saturated heterocycles. The van der Waals surface area contributed by atoms with Crippen molar-refractivity contribution in [1.29, 1.82) is 0 Å². The highest BCUT2D eigenvalue weighted by atomic mass is 79.9. The molecule has 1 amide bonds. The largest absolute Gasteiger partial charge is 0.382 e. The molecule has 4 N–H and O–H groups in total. The molecular weight excluding hydrogens is 376 g/mol. The predicted octanol–water partition coefficient (Wildman–Crippen LogP) is 4.22. The first-order valence-electron chi connectivity index (χ1n) is 6.27. The zero-order valence-electron chi connectivity index (χ0n) is 11.2. The SMILES string of the molecule is CCCNc1nc(N)c(C(=O)Nc2ccc(Cl)c(Br)c2)s1. The summed E-state index contributed by atoms with van der Waals surface area (Å²) in [7, 11) is 0. The summed E-state index contributed by atoms with van der Waals surface area (Å²) >= 11 is 10.5. The molecule has 0 bridgehead atoms. The van der Waals surface area contributed by atoms with Crippen LogP contribution < -0.4 is 16.4 Å². The number of nitrogens with zero attached hydrogens (tertiary/aromatic N) is 1. The van der Waals surface area contributed by atoms with E-state index in [9.17, 15) is 4.79 Å². The maximum absolute atomic E-state index is 12.2. The van der Waals surface area contributed by atoms with Crippen LogP contribution in [0.3, 0.4) is 0 Å². The molecule has 1 aromatic carbocycles. The third-order valence-electron chi connectivity index (χ3n) is 2.56. The van der Waals surface area contributed by atoms with E-state index >= 15 is 0 Å². The summed E-state index contributed by atoms with van der Waals surface area (Å²) in [5.41, 5.74) is 6.42. The zero-order valence-corrected chi connectivity index (χ0v) is 14.4. The second kappa shape index (κ2) is 7.11. The molecule has 0 aliphatic rings. The monoisotopic (exact) mass is 388 g/mol. The molecule has 112 valence electrons. The Bertz CT molecular complexity index is 662. The van der Waals surface area contributed by atoms with Gasteiger partial charge in [-0.2, -0.15) is 0 Å². The van der Waals surface area contributed by atoms with Gasteiger partial charge in [0.15, 0.2) is 5.13 Å². The number of amides is 1. The molecule has 1 heterocycles. The summed E-state index contributed by atoms with van der Waals surface area (Å²) in [6.07, 6.45) is 0.972. The summed E-state index contributed by atoms with van der Waals surface area (Å²) in [5.74, 6) is -0.0621. The molecule has 0 atom stereocenters. The van der Waals surface area contributed by atoms with Crippen molar-refractivity contribution < 1.29 is 4.79 Å². The Kier molecular flexibility index (Phi) is 5.44. The Balaban J connectivity index is 2.12. The van der Waals surface area contributed by atoms with Gasteiger partial charge in [0.2, 0.25) is 0 Å². The Morgan fingerprint density at radius 2 is 2.29 bits per heavy atom. The van der Waals surface area contributed by atoms with Crippen LogP contribution in [-0.4, -0.2) is 17.4 Å². The average Bonchev–Trinajstić information content (AvgIpc) is 2.82. The van der Waals surface area contributed by atoms with Crippen molar-refractivity contribution in [3.05, 3.63) is 32.6 Å². The molecule has 1 aromatic heterocycles. The van der Waals surface area contributed by atoms with Gasteiger partial charge < -0.3 is 16.4 Å². The van der Waals surface area contributed by atoms with Crippen molar-refractivity contribution in [2.45, 2.75) is 13.3 Å². The van der Waals surface area contributed by atoms with Gasteiger partial charge in [0.25, 0.3) is 5.91 Å². The fourth-order valence-corrected chi connectivity index (χ4v) is 2.87. The number of thiazole rings is 1. The van der Waals surface area contributed by atoms with Crippen molar-refractivity contribution in [3.63, 3.8) is 0 Å². The van der Waals surface area contributed by atoms with Crippen LogP contribution in [0.5, 0.6) is 0 Å². The van der Waals surface area contributed by atoms with Crippen LogP contribution in [0.1, 0.15) is 23.0 Å². The maximum atomic E-state index is 12.2. The minimum absolute atomic E-state index is 0.226. The number of nitrogen functional groups attached to an aromatic ring is 1. The van der Waals surface area contributed by atoms with Crippen LogP contribution in [0.15, 0.2) is 22.7 Å². The van der Waals surface area contributed by atoms with Crippen LogP contribution in [0.4, 0.5) is 16.6 Å². The Labute approximate surface area is 140 Å². The van der Waals surface area contributed by atoms with Crippen molar-refractivity contribution in [1.82, 2.24) is 4.98 Å². The number of nitrogens with one attached hydrogen (secondary N) is 2. The van der Waals surface area contributed by atoms with Gasteiger partial charge in [-0.25, -0.2) is 4.98 Å². The fourth-order valence-electron chi connectivity index (χ4n) is 1.56. The summed E-state index contributed by atoms with van der Waals surface area (Å²) in [6, 6.07) is 5.15. The lowest BCUT2D eigenvalue weighted by atomic mass is 10.3. The van der Waals surface area contributed by atoms with E-state index in [1.807, 2.05) is 0 Å². The summed E-state index contributed by atoms with van der Waals surface area (Å²) in [4.78, 5) is 16.7. The molecule has 0 aliphatic heterocycles. The van der Waals surface area contributed by atoms with Gasteiger partial charge in [-0.05, 0) is 40.5 Å². The van der Waals surface area contributed by atoms with E-state index in [1.54, 1.807) is 18.2 Å². The topological polar surface area (TPSA) is 80.0 Å². The minimum Gasteiger partial charge on any atom is -0.382 e. The first kappa shape index (κ1) is 16.1. The van der Waals surface area contributed by atoms with Crippen LogP contribution in [0.2, 0.25) is 5.02 Å². The van der Waals surface area contributed by atoms with Crippen molar-refractivity contribution in [3.8, 4) is 0 Å². The maximum Gasteiger partial charge on any atom is 0.269 e. The molecule has 2 aromatic rings. The van der Waals surface area contributed by atoms with Crippen LogP contribution in [0.25, 0.3) is 0 Å². The molecule has 0 spiro atoms. The van der Waals surface area contributed by atoms with Crippen molar-refractivity contribution >= 4 is 61.4 Å². The standard InChI is InChI=1S/C13H14BrClN4OS/c1-2-5-17-13-19-11(16)10(21-13)12(20)18-7-3-4-9(15)8(14)6-7/h3-4,6H,2,5,16H2,1H3,(H,17,19)(H,18,20). The molecule has 0 fully saturated rings. The van der Waals surface area contributed by atoms with E-state index in [4.69, 9.17) is 17.3 Å². The first-order chi connectivity index (χ1) is 10.0. The fraction of sp³-hybridized carbons (Fsp3) is 0.231. The van der Waals surface area contributed by atoms with E-state index in [0.29, 0.717) is 25.2 Å². The molecule has 0 saturated carbocycles. The second-order valence-electron chi connectivity index (χ2n) is 4.24. The first-order valence-corrected chi connectivity index (χ1v) is 8.26. The highest BCUT2D eigenvalue weighted by Crippen LogP contribution is 2.28. The normalized spacial score (nSPS) is 10.4. The predicted molar refractivity (Wildman–Crippen MR) is 92.4 cm³/mol. The summed E-state index contributed by atoms with van der Waals surface area (Å²) < 4.78 is 0.713. The van der Waals surface area contributed by atoms with Gasteiger partial charge >= 0.3 is 0 Å². The number of carbonyl (C=O) groups excluding carboxylic acids is 1. The molecule has 5 nitrogen and oxygen atoms in total. The molecule has 0 aliphatic carbocycles. The van der Waals surface area contributed by atoms with Crippen LogP contribution >= 0.6 is 38.9 Å². The lowest BCUT2D eigenvalue weighted by Gasteiger charge is -2.05. The van der Waals surface area contributed by atoms with Gasteiger partial charge in [-0.1, -0.05) is 29.9 Å². The van der Waals surface area contributed by atoms with Crippen LogP contribution in [0, 0.1) is 0 Å². The molecular formula is C13H14BrClN4OS. The number of nitrogens with two attached hydrogens (primary N) is 1. The highest BCUT2D eigenvalue weighted by Gasteiger charge is 2.16. The van der Waals surface area contributed by atoms with Crippen molar-refractivity contribution in [2.75, 3.05) is 22.9 Å². The second-order valence-corrected chi connectivity index (χ2v) is 6.50. The Hall–Kier alpha value is -1.31. The number of aromatic nitrogens is 1. The Morgan fingerprint density at radius 3 is 2.95 bits per heavy atom. The molecule has 21 heavy (non-hydrogen) atoms. The van der Waals surface area contributed by atoms with Crippen LogP contribution in [-0.2, 0) is 0 Å². The quantitative estimate of drug-likeness (QED) is 0.715. The molecule has 8 heteroatoms. The number of hydrogen-bond acceptors (Lipinski definition) is 5. The summed E-state index contributed by atoms with van der Waals surface area (Å²) in [5, 5.41) is 7.11. The number of carbonyl (C=O) groups is 1. The third-order valence-corrected chi connectivity index (χ3v) is 4.80. The molecule has 0 radical (unpaired) electrons. The average molecular weight is 390 g/mol. The van der Waals surface area contributed by atoms with E-state index in [2.05, 4.69) is 38.5 Å². The van der Waals surface area contributed by atoms with Gasteiger partial charge in [-0.15, -0.1) is 0 Å². The lowest BCUT2D eigenvalue weighted by Crippen LogP contribution is -2.12. The number of benzene rings is 1. The number of halogens is 2. The number of hydrogen-bond donors (Lipinski definition) is 3.